The maximum atomic E-state index is 13.5. The van der Waals surface area contributed by atoms with Crippen molar-refractivity contribution in [1.29, 1.82) is 0 Å². The summed E-state index contributed by atoms with van der Waals surface area (Å²) >= 11 is 0. The molecule has 4 nitrogen and oxygen atoms in total. The van der Waals surface area contributed by atoms with E-state index < -0.39 is 17.7 Å². The van der Waals surface area contributed by atoms with Crippen LogP contribution in [0.1, 0.15) is 37.4 Å². The molecule has 4 N–H and O–H groups in total. The lowest BCUT2D eigenvalue weighted by Gasteiger charge is -2.28. The van der Waals surface area contributed by atoms with E-state index in [2.05, 4.69) is 5.32 Å². The Morgan fingerprint density at radius 1 is 1.29 bits per heavy atom. The zero-order valence-corrected chi connectivity index (χ0v) is 11.7. The lowest BCUT2D eigenvalue weighted by atomic mass is 9.85. The molecule has 6 heteroatoms. The number of amides is 1. The van der Waals surface area contributed by atoms with Gasteiger partial charge in [-0.15, -0.1) is 0 Å². The molecule has 1 aliphatic rings. The number of hydrogen-bond donors (Lipinski definition) is 3. The first-order chi connectivity index (χ1) is 9.99. The lowest BCUT2D eigenvalue weighted by Crippen LogP contribution is -2.38. The van der Waals surface area contributed by atoms with Crippen LogP contribution in [0.4, 0.5) is 8.78 Å². The van der Waals surface area contributed by atoms with Crippen LogP contribution in [0, 0.1) is 17.6 Å². The van der Waals surface area contributed by atoms with Gasteiger partial charge in [-0.25, -0.2) is 8.78 Å². The van der Waals surface area contributed by atoms with Crippen LogP contribution in [0.5, 0.6) is 0 Å². The molecule has 1 fully saturated rings. The van der Waals surface area contributed by atoms with Gasteiger partial charge in [0, 0.05) is 18.5 Å². The Morgan fingerprint density at radius 2 is 1.86 bits per heavy atom. The fraction of sp³-hybridized carbons (Fsp3) is 0.533. The number of primary amides is 1. The number of rotatable bonds is 5. The molecule has 0 saturated heterocycles. The maximum absolute atomic E-state index is 13.5. The summed E-state index contributed by atoms with van der Waals surface area (Å²) in [6.07, 6.45) is 1.70. The number of aliphatic hydroxyl groups excluding tert-OH is 1. The van der Waals surface area contributed by atoms with Crippen LogP contribution in [0.3, 0.4) is 0 Å². The van der Waals surface area contributed by atoms with Gasteiger partial charge in [0.15, 0.2) is 0 Å². The zero-order chi connectivity index (χ0) is 15.4. The van der Waals surface area contributed by atoms with E-state index in [-0.39, 0.29) is 30.0 Å². The molecule has 116 valence electrons. The minimum atomic E-state index is -1.24. The van der Waals surface area contributed by atoms with Crippen molar-refractivity contribution < 1.29 is 18.7 Å². The van der Waals surface area contributed by atoms with E-state index in [9.17, 15) is 18.7 Å². The van der Waals surface area contributed by atoms with Crippen LogP contribution in [0.2, 0.25) is 0 Å². The Bertz CT molecular complexity index is 482. The molecule has 0 aliphatic heterocycles. The van der Waals surface area contributed by atoms with Gasteiger partial charge in [-0.2, -0.15) is 0 Å². The highest BCUT2D eigenvalue weighted by atomic mass is 19.1. The van der Waals surface area contributed by atoms with Gasteiger partial charge >= 0.3 is 0 Å². The average Bonchev–Trinajstić information content (AvgIpc) is 2.45. The fourth-order valence-corrected chi connectivity index (χ4v) is 2.79. The SMILES string of the molecule is NC(=O)C1CCC(NCC(O)c2c(F)cccc2F)CC1. The number of benzene rings is 1. The van der Waals surface area contributed by atoms with Gasteiger partial charge < -0.3 is 16.2 Å². The van der Waals surface area contributed by atoms with E-state index in [1.807, 2.05) is 0 Å². The Kier molecular flexibility index (Phi) is 5.25. The van der Waals surface area contributed by atoms with Crippen LogP contribution in [-0.4, -0.2) is 23.6 Å². The Balaban J connectivity index is 1.85. The standard InChI is InChI=1S/C15H20F2N2O2/c16-11-2-1-3-12(17)14(11)13(20)8-19-10-6-4-9(5-7-10)15(18)21/h1-3,9-10,13,19-20H,4-8H2,(H2,18,21). The number of nitrogens with one attached hydrogen (secondary N) is 1. The molecule has 1 unspecified atom stereocenters. The molecule has 0 radical (unpaired) electrons. The maximum Gasteiger partial charge on any atom is 0.220 e. The topological polar surface area (TPSA) is 75.4 Å². The number of nitrogens with two attached hydrogens (primary N) is 1. The van der Waals surface area contributed by atoms with Crippen molar-refractivity contribution in [2.24, 2.45) is 11.7 Å². The van der Waals surface area contributed by atoms with Gasteiger partial charge in [0.25, 0.3) is 0 Å². The second-order valence-corrected chi connectivity index (χ2v) is 5.51. The van der Waals surface area contributed by atoms with Crippen LogP contribution in [0.25, 0.3) is 0 Å². The first-order valence-corrected chi connectivity index (χ1v) is 7.13. The Labute approximate surface area is 122 Å². The number of carbonyl (C=O) groups excluding carboxylic acids is 1. The molecule has 1 aliphatic carbocycles. The summed E-state index contributed by atoms with van der Waals surface area (Å²) in [6.45, 7) is 0.0732. The average molecular weight is 298 g/mol. The molecule has 1 aromatic rings. The largest absolute Gasteiger partial charge is 0.387 e. The van der Waals surface area contributed by atoms with Gasteiger partial charge in [-0.3, -0.25) is 4.79 Å². The second-order valence-electron chi connectivity index (χ2n) is 5.51. The predicted octanol–water partition coefficient (Wildman–Crippen LogP) is 1.63. The minimum absolute atomic E-state index is 0.0732. The molecule has 21 heavy (non-hydrogen) atoms. The minimum Gasteiger partial charge on any atom is -0.387 e. The summed E-state index contributed by atoms with van der Waals surface area (Å²) < 4.78 is 27.1. The van der Waals surface area contributed by atoms with Crippen molar-refractivity contribution in [3.05, 3.63) is 35.4 Å². The first kappa shape index (κ1) is 15.9. The predicted molar refractivity (Wildman–Crippen MR) is 74.3 cm³/mol. The van der Waals surface area contributed by atoms with E-state index in [0.29, 0.717) is 12.8 Å². The van der Waals surface area contributed by atoms with E-state index in [0.717, 1.165) is 25.0 Å². The summed E-state index contributed by atoms with van der Waals surface area (Å²) in [5.41, 5.74) is 4.95. The van der Waals surface area contributed by atoms with Crippen molar-refractivity contribution in [3.8, 4) is 0 Å². The van der Waals surface area contributed by atoms with Gasteiger partial charge in [0.1, 0.15) is 11.6 Å². The first-order valence-electron chi connectivity index (χ1n) is 7.13. The number of carbonyl (C=O) groups is 1. The molecular weight excluding hydrogens is 278 g/mol. The van der Waals surface area contributed by atoms with Crippen molar-refractivity contribution in [1.82, 2.24) is 5.32 Å². The van der Waals surface area contributed by atoms with Gasteiger partial charge in [-0.05, 0) is 37.8 Å². The molecule has 1 atom stereocenters. The molecule has 0 bridgehead atoms. The van der Waals surface area contributed by atoms with E-state index >= 15 is 0 Å². The molecule has 1 saturated carbocycles. The third kappa shape index (κ3) is 3.98. The van der Waals surface area contributed by atoms with Crippen molar-refractivity contribution >= 4 is 5.91 Å². The molecule has 1 aromatic carbocycles. The molecule has 0 spiro atoms. The normalized spacial score (nSPS) is 23.8. The number of halogens is 2. The van der Waals surface area contributed by atoms with E-state index in [4.69, 9.17) is 5.73 Å². The molecule has 2 rings (SSSR count). The van der Waals surface area contributed by atoms with Crippen LogP contribution < -0.4 is 11.1 Å². The number of aliphatic hydroxyl groups is 1. The smallest absolute Gasteiger partial charge is 0.220 e. The number of hydrogen-bond acceptors (Lipinski definition) is 3. The molecule has 0 heterocycles. The highest BCUT2D eigenvalue weighted by Gasteiger charge is 2.25. The summed E-state index contributed by atoms with van der Waals surface area (Å²) in [4.78, 5) is 11.1. The Hall–Kier alpha value is -1.53. The summed E-state index contributed by atoms with van der Waals surface area (Å²) in [5.74, 6) is -1.86. The van der Waals surface area contributed by atoms with Crippen molar-refractivity contribution in [2.45, 2.75) is 37.8 Å². The third-order valence-corrected chi connectivity index (χ3v) is 4.06. The lowest BCUT2D eigenvalue weighted by molar-refractivity contribution is -0.122. The fourth-order valence-electron chi connectivity index (χ4n) is 2.79. The molecule has 1 amide bonds. The van der Waals surface area contributed by atoms with Crippen LogP contribution in [-0.2, 0) is 4.79 Å². The van der Waals surface area contributed by atoms with E-state index in [1.54, 1.807) is 0 Å². The Morgan fingerprint density at radius 3 is 2.38 bits per heavy atom. The summed E-state index contributed by atoms with van der Waals surface area (Å²) in [7, 11) is 0. The monoisotopic (exact) mass is 298 g/mol. The quantitative estimate of drug-likeness (QED) is 0.773. The van der Waals surface area contributed by atoms with Crippen molar-refractivity contribution in [3.63, 3.8) is 0 Å². The molecule has 0 aromatic heterocycles. The highest BCUT2D eigenvalue weighted by molar-refractivity contribution is 5.76. The summed E-state index contributed by atoms with van der Waals surface area (Å²) in [5, 5.41) is 13.0. The summed E-state index contributed by atoms with van der Waals surface area (Å²) in [6, 6.07) is 3.64. The van der Waals surface area contributed by atoms with Crippen LogP contribution in [0.15, 0.2) is 18.2 Å². The molecular formula is C15H20F2N2O2. The van der Waals surface area contributed by atoms with Gasteiger partial charge in [-0.1, -0.05) is 6.07 Å². The van der Waals surface area contributed by atoms with Gasteiger partial charge in [0.2, 0.25) is 5.91 Å². The van der Waals surface area contributed by atoms with E-state index in [1.165, 1.54) is 6.07 Å². The highest BCUT2D eigenvalue weighted by Crippen LogP contribution is 2.25. The van der Waals surface area contributed by atoms with Crippen LogP contribution >= 0.6 is 0 Å². The van der Waals surface area contributed by atoms with Gasteiger partial charge in [0.05, 0.1) is 11.7 Å². The third-order valence-electron chi connectivity index (χ3n) is 4.06. The zero-order valence-electron chi connectivity index (χ0n) is 11.7. The van der Waals surface area contributed by atoms with Crippen molar-refractivity contribution in [2.75, 3.05) is 6.54 Å². The second kappa shape index (κ2) is 6.95.